The molecule has 4 nitrogen and oxygen atoms in total. The Labute approximate surface area is 197 Å². The van der Waals surface area contributed by atoms with Crippen LogP contribution in [-0.2, 0) is 6.42 Å². The summed E-state index contributed by atoms with van der Waals surface area (Å²) in [6.45, 7) is 3.13. The van der Waals surface area contributed by atoms with E-state index in [1.807, 2.05) is 18.2 Å². The van der Waals surface area contributed by atoms with E-state index in [9.17, 15) is 9.18 Å². The highest BCUT2D eigenvalue weighted by atomic mass is 19.1. The van der Waals surface area contributed by atoms with Crippen LogP contribution < -0.4 is 5.32 Å². The van der Waals surface area contributed by atoms with Gasteiger partial charge >= 0.3 is 0 Å². The predicted molar refractivity (Wildman–Crippen MR) is 130 cm³/mol. The fourth-order valence-corrected chi connectivity index (χ4v) is 6.21. The number of piperidine rings is 3. The van der Waals surface area contributed by atoms with Crippen LogP contribution in [-0.4, -0.2) is 36.5 Å². The van der Waals surface area contributed by atoms with Gasteiger partial charge in [0.05, 0.1) is 0 Å². The molecule has 4 heterocycles. The number of hydrogen-bond acceptors (Lipinski definition) is 3. The second-order valence-corrected chi connectivity index (χ2v) is 9.87. The van der Waals surface area contributed by atoms with Crippen molar-refractivity contribution in [2.75, 3.05) is 19.6 Å². The lowest BCUT2D eigenvalue weighted by atomic mass is 9.84. The predicted octanol–water partition coefficient (Wildman–Crippen LogP) is 5.63. The van der Waals surface area contributed by atoms with Crippen molar-refractivity contribution in [2.24, 2.45) is 5.92 Å². The highest BCUT2D eigenvalue weighted by molar-refractivity contribution is 6.03. The van der Waals surface area contributed by atoms with Crippen molar-refractivity contribution in [1.29, 1.82) is 0 Å². The van der Waals surface area contributed by atoms with Gasteiger partial charge in [-0.1, -0.05) is 42.5 Å². The van der Waals surface area contributed by atoms with Crippen LogP contribution in [0.5, 0.6) is 0 Å². The third kappa shape index (κ3) is 3.11. The van der Waals surface area contributed by atoms with E-state index >= 15 is 0 Å². The van der Waals surface area contributed by atoms with Gasteiger partial charge in [-0.3, -0.25) is 4.79 Å². The molecule has 4 aromatic rings. The molecular weight excluding hydrogens is 427 g/mol. The van der Waals surface area contributed by atoms with Crippen LogP contribution in [0.25, 0.3) is 33.2 Å². The first-order valence-electron chi connectivity index (χ1n) is 12.1. The summed E-state index contributed by atoms with van der Waals surface area (Å²) in [5.74, 6) is 0.214. The number of nitrogens with zero attached hydrogens (tertiary/aromatic N) is 1. The first kappa shape index (κ1) is 20.0. The number of fused-ring (bicyclic) bond motifs is 7. The fraction of sp³-hybridized carbons (Fsp3) is 0.276. The second kappa shape index (κ2) is 7.54. The van der Waals surface area contributed by atoms with Crippen LogP contribution in [0.4, 0.5) is 4.39 Å². The van der Waals surface area contributed by atoms with E-state index in [2.05, 4.69) is 34.5 Å². The Morgan fingerprint density at radius 2 is 1.74 bits per heavy atom. The van der Waals surface area contributed by atoms with Gasteiger partial charge in [-0.2, -0.15) is 0 Å². The minimum atomic E-state index is -0.337. The zero-order valence-corrected chi connectivity index (χ0v) is 18.8. The molecule has 1 atom stereocenters. The van der Waals surface area contributed by atoms with E-state index < -0.39 is 0 Å². The summed E-state index contributed by atoms with van der Waals surface area (Å²) in [6.07, 6.45) is 3.12. The van der Waals surface area contributed by atoms with Gasteiger partial charge in [0.1, 0.15) is 11.4 Å². The van der Waals surface area contributed by atoms with Gasteiger partial charge in [0.2, 0.25) is 0 Å². The molecule has 1 aliphatic carbocycles. The summed E-state index contributed by atoms with van der Waals surface area (Å²) in [5, 5.41) is 3.80. The zero-order valence-electron chi connectivity index (χ0n) is 18.8. The number of carbonyl (C=O) groups is 1. The monoisotopic (exact) mass is 452 g/mol. The average molecular weight is 453 g/mol. The van der Waals surface area contributed by atoms with Gasteiger partial charge in [-0.25, -0.2) is 4.39 Å². The first-order chi connectivity index (χ1) is 16.6. The number of furan rings is 1. The summed E-state index contributed by atoms with van der Waals surface area (Å²) >= 11 is 0. The van der Waals surface area contributed by atoms with Gasteiger partial charge in [0.25, 0.3) is 5.91 Å². The SMILES string of the molecule is O=C(N[C@H]1CN2CCC1CC2)c1cc2cc(F)cc(-c3cccc4c3-c3ccccc3C4)c2o1. The zero-order chi connectivity index (χ0) is 22.8. The molecule has 5 heteroatoms. The van der Waals surface area contributed by atoms with Crippen molar-refractivity contribution in [3.8, 4) is 22.3 Å². The maximum atomic E-state index is 14.8. The third-order valence-corrected chi connectivity index (χ3v) is 7.89. The first-order valence-corrected chi connectivity index (χ1v) is 12.1. The highest BCUT2D eigenvalue weighted by Gasteiger charge is 2.35. The minimum Gasteiger partial charge on any atom is -0.450 e. The number of carbonyl (C=O) groups excluding carboxylic acids is 1. The average Bonchev–Trinajstić information content (AvgIpc) is 3.46. The molecule has 3 saturated heterocycles. The van der Waals surface area contributed by atoms with Crippen molar-refractivity contribution in [1.82, 2.24) is 10.2 Å². The smallest absolute Gasteiger partial charge is 0.287 e. The van der Waals surface area contributed by atoms with E-state index in [-0.39, 0.29) is 23.5 Å². The lowest BCUT2D eigenvalue weighted by Crippen LogP contribution is -2.57. The van der Waals surface area contributed by atoms with Crippen molar-refractivity contribution in [3.05, 3.63) is 83.4 Å². The van der Waals surface area contributed by atoms with Crippen molar-refractivity contribution >= 4 is 16.9 Å². The Balaban J connectivity index is 1.30. The number of rotatable bonds is 3. The minimum absolute atomic E-state index is 0.147. The number of amides is 1. The molecule has 3 aliphatic heterocycles. The van der Waals surface area contributed by atoms with Crippen LogP contribution in [0.3, 0.4) is 0 Å². The van der Waals surface area contributed by atoms with Gasteiger partial charge in [0, 0.05) is 23.5 Å². The largest absolute Gasteiger partial charge is 0.450 e. The van der Waals surface area contributed by atoms with E-state index in [1.165, 1.54) is 28.8 Å². The van der Waals surface area contributed by atoms with Crippen LogP contribution in [0.1, 0.15) is 34.5 Å². The summed E-state index contributed by atoms with van der Waals surface area (Å²) < 4.78 is 20.9. The topological polar surface area (TPSA) is 45.5 Å². The molecule has 0 radical (unpaired) electrons. The molecule has 8 rings (SSSR count). The van der Waals surface area contributed by atoms with E-state index in [4.69, 9.17) is 4.42 Å². The van der Waals surface area contributed by atoms with Gasteiger partial charge in [0.15, 0.2) is 5.76 Å². The standard InChI is InChI=1S/C29H25FN2O2/c30-21-13-20-14-26(29(33)31-25-16-32-10-8-17(25)9-11-32)34-28(20)24(15-21)23-7-3-5-19-12-18-4-1-2-6-22(18)27(19)23/h1-7,13-15,17,25H,8-12,16H2,(H,31,33)/t25-/m0/s1. The van der Waals surface area contributed by atoms with E-state index in [1.54, 1.807) is 6.07 Å². The van der Waals surface area contributed by atoms with Crippen molar-refractivity contribution < 1.29 is 13.6 Å². The Morgan fingerprint density at radius 1 is 0.941 bits per heavy atom. The lowest BCUT2D eigenvalue weighted by Gasteiger charge is -2.44. The molecule has 1 aromatic heterocycles. The molecule has 1 N–H and O–H groups in total. The normalized spacial score (nSPS) is 22.6. The van der Waals surface area contributed by atoms with Crippen molar-refractivity contribution in [3.63, 3.8) is 0 Å². The van der Waals surface area contributed by atoms with Crippen LogP contribution in [0.2, 0.25) is 0 Å². The number of hydrogen-bond donors (Lipinski definition) is 1. The highest BCUT2D eigenvalue weighted by Crippen LogP contribution is 2.45. The molecule has 0 saturated carbocycles. The summed E-state index contributed by atoms with van der Waals surface area (Å²) in [4.78, 5) is 15.5. The van der Waals surface area contributed by atoms with Crippen LogP contribution >= 0.6 is 0 Å². The molecule has 0 spiro atoms. The van der Waals surface area contributed by atoms with Gasteiger partial charge in [-0.05, 0) is 84.3 Å². The van der Waals surface area contributed by atoms with E-state index in [0.29, 0.717) is 22.5 Å². The molecule has 34 heavy (non-hydrogen) atoms. The molecule has 0 unspecified atom stereocenters. The number of nitrogens with one attached hydrogen (secondary N) is 1. The quantitative estimate of drug-likeness (QED) is 0.386. The Hall–Kier alpha value is -3.44. The number of halogens is 1. The maximum Gasteiger partial charge on any atom is 0.287 e. The molecule has 3 aromatic carbocycles. The van der Waals surface area contributed by atoms with Gasteiger partial charge < -0.3 is 14.6 Å². The Morgan fingerprint density at radius 3 is 2.56 bits per heavy atom. The molecule has 170 valence electrons. The lowest BCUT2D eigenvalue weighted by molar-refractivity contribution is 0.0607. The number of benzene rings is 3. The molecule has 2 bridgehead atoms. The summed E-state index contributed by atoms with van der Waals surface area (Å²) in [6, 6.07) is 19.3. The molecule has 4 aliphatic rings. The van der Waals surface area contributed by atoms with Crippen LogP contribution in [0, 0.1) is 11.7 Å². The van der Waals surface area contributed by atoms with Gasteiger partial charge in [-0.15, -0.1) is 0 Å². The van der Waals surface area contributed by atoms with Crippen molar-refractivity contribution in [2.45, 2.75) is 25.3 Å². The van der Waals surface area contributed by atoms with Crippen LogP contribution in [0.15, 0.2) is 65.1 Å². The molecule has 1 amide bonds. The maximum absolute atomic E-state index is 14.8. The Bertz CT molecular complexity index is 1450. The summed E-state index contributed by atoms with van der Waals surface area (Å²) in [7, 11) is 0. The summed E-state index contributed by atoms with van der Waals surface area (Å²) in [5.41, 5.74) is 6.98. The second-order valence-electron chi connectivity index (χ2n) is 9.87. The third-order valence-electron chi connectivity index (χ3n) is 7.89. The fourth-order valence-electron chi connectivity index (χ4n) is 6.21. The van der Waals surface area contributed by atoms with E-state index in [0.717, 1.165) is 50.0 Å². The Kier molecular flexibility index (Phi) is 4.43. The molecule has 3 fully saturated rings. The molecular formula is C29H25FN2O2.